The van der Waals surface area contributed by atoms with Gasteiger partial charge in [-0.15, -0.1) is 0 Å². The van der Waals surface area contributed by atoms with Gasteiger partial charge in [0.25, 0.3) is 5.69 Å². The highest BCUT2D eigenvalue weighted by molar-refractivity contribution is 5.87. The highest BCUT2D eigenvalue weighted by Crippen LogP contribution is 2.38. The maximum Gasteiger partial charge on any atom is 0.273 e. The van der Waals surface area contributed by atoms with E-state index in [9.17, 15) is 14.9 Å². The van der Waals surface area contributed by atoms with E-state index >= 15 is 0 Å². The molecule has 7 heteroatoms. The van der Waals surface area contributed by atoms with Crippen LogP contribution in [-0.2, 0) is 17.8 Å². The Hall–Kier alpha value is -4.78. The van der Waals surface area contributed by atoms with E-state index in [1.54, 1.807) is 24.4 Å². The molecule has 0 radical (unpaired) electrons. The van der Waals surface area contributed by atoms with Gasteiger partial charge in [-0.25, -0.2) is 0 Å². The number of hydrogen-bond acceptors (Lipinski definition) is 4. The summed E-state index contributed by atoms with van der Waals surface area (Å²) in [6.07, 6.45) is 4.47. The molecule has 1 N–H and O–H groups in total. The first-order chi connectivity index (χ1) is 18.6. The van der Waals surface area contributed by atoms with E-state index in [-0.39, 0.29) is 22.9 Å². The predicted molar refractivity (Wildman–Crippen MR) is 148 cm³/mol. The number of nitrogens with one attached hydrogen (secondary N) is 1. The van der Waals surface area contributed by atoms with Gasteiger partial charge in [0.1, 0.15) is 0 Å². The van der Waals surface area contributed by atoms with E-state index in [1.165, 1.54) is 6.07 Å². The molecule has 0 bridgehead atoms. The van der Waals surface area contributed by atoms with Crippen molar-refractivity contribution >= 4 is 22.5 Å². The van der Waals surface area contributed by atoms with Crippen LogP contribution in [0.1, 0.15) is 34.7 Å². The summed E-state index contributed by atoms with van der Waals surface area (Å²) in [6.45, 7) is 1.09. The number of fused-ring (bicyclic) bond motifs is 1. The molecule has 5 rings (SSSR count). The minimum absolute atomic E-state index is 0.0127. The number of nitro benzene ring substituents is 1. The third-order valence-electron chi connectivity index (χ3n) is 6.72. The van der Waals surface area contributed by atoms with Gasteiger partial charge in [-0.05, 0) is 29.3 Å². The van der Waals surface area contributed by atoms with Crippen molar-refractivity contribution in [3.8, 4) is 0 Å². The van der Waals surface area contributed by atoms with Crippen molar-refractivity contribution < 1.29 is 9.72 Å². The third-order valence-corrected chi connectivity index (χ3v) is 6.72. The van der Waals surface area contributed by atoms with Crippen LogP contribution in [0.5, 0.6) is 0 Å². The van der Waals surface area contributed by atoms with Gasteiger partial charge >= 0.3 is 0 Å². The summed E-state index contributed by atoms with van der Waals surface area (Å²) in [4.78, 5) is 29.1. The highest BCUT2D eigenvalue weighted by Gasteiger charge is 2.28. The smallest absolute Gasteiger partial charge is 0.273 e. The molecule has 2 aromatic heterocycles. The predicted octanol–water partition coefficient (Wildman–Crippen LogP) is 5.87. The van der Waals surface area contributed by atoms with Crippen LogP contribution in [0.25, 0.3) is 10.9 Å². The molecule has 0 spiro atoms. The lowest BCUT2D eigenvalue weighted by molar-refractivity contribution is -0.385. The standard InChI is InChI=1S/C31H28N4O3/c36-31(33-19-17-24-12-8-9-18-32-24)20-27(25-13-5-7-16-30(25)35(37)38)28-22-34(21-23-10-2-1-3-11-23)29-15-6-4-14-26(28)29/h1-16,18,22,27H,17,19-21H2,(H,33,36)/t27-/m1/s1. The van der Waals surface area contributed by atoms with Crippen molar-refractivity contribution in [3.63, 3.8) is 0 Å². The Bertz CT molecular complexity index is 1550. The van der Waals surface area contributed by atoms with E-state index in [4.69, 9.17) is 0 Å². The number of carbonyl (C=O) groups excluding carboxylic acids is 1. The lowest BCUT2D eigenvalue weighted by Crippen LogP contribution is -2.27. The lowest BCUT2D eigenvalue weighted by Gasteiger charge is -2.17. The van der Waals surface area contributed by atoms with Crippen LogP contribution in [0.2, 0.25) is 0 Å². The minimum atomic E-state index is -0.492. The molecule has 2 heterocycles. The van der Waals surface area contributed by atoms with Crippen LogP contribution in [-0.4, -0.2) is 26.9 Å². The van der Waals surface area contributed by atoms with E-state index in [0.717, 1.165) is 27.7 Å². The molecule has 0 aliphatic heterocycles. The number of rotatable bonds is 10. The van der Waals surface area contributed by atoms with Gasteiger partial charge < -0.3 is 9.88 Å². The number of hydrogen-bond donors (Lipinski definition) is 1. The summed E-state index contributed by atoms with van der Waals surface area (Å²) in [5.74, 6) is -0.655. The van der Waals surface area contributed by atoms with Gasteiger partial charge in [-0.3, -0.25) is 19.9 Å². The largest absolute Gasteiger partial charge is 0.356 e. The second-order valence-corrected chi connectivity index (χ2v) is 9.21. The zero-order chi connectivity index (χ0) is 26.3. The first kappa shape index (κ1) is 24.9. The zero-order valence-electron chi connectivity index (χ0n) is 20.9. The van der Waals surface area contributed by atoms with E-state index in [2.05, 4.69) is 27.0 Å². The van der Waals surface area contributed by atoms with Crippen molar-refractivity contribution in [3.05, 3.63) is 142 Å². The number of aromatic nitrogens is 2. The molecule has 0 saturated carbocycles. The highest BCUT2D eigenvalue weighted by atomic mass is 16.6. The monoisotopic (exact) mass is 504 g/mol. The minimum Gasteiger partial charge on any atom is -0.356 e. The number of carbonyl (C=O) groups is 1. The second kappa shape index (κ2) is 11.5. The summed E-state index contributed by atoms with van der Waals surface area (Å²) in [6, 6.07) is 30.6. The van der Waals surface area contributed by atoms with Gasteiger partial charge in [0.05, 0.1) is 4.92 Å². The van der Waals surface area contributed by atoms with Crippen LogP contribution in [0, 0.1) is 10.1 Å². The summed E-state index contributed by atoms with van der Waals surface area (Å²) in [7, 11) is 0. The van der Waals surface area contributed by atoms with Gasteiger partial charge in [0, 0.05) is 72.5 Å². The van der Waals surface area contributed by atoms with Gasteiger partial charge in [0.15, 0.2) is 0 Å². The summed E-state index contributed by atoms with van der Waals surface area (Å²) in [5, 5.41) is 15.9. The summed E-state index contributed by atoms with van der Waals surface area (Å²) in [5.41, 5.74) is 4.50. The van der Waals surface area contributed by atoms with E-state index in [0.29, 0.717) is 25.1 Å². The van der Waals surface area contributed by atoms with Crippen LogP contribution in [0.15, 0.2) is 109 Å². The Labute approximate surface area is 220 Å². The first-order valence-electron chi connectivity index (χ1n) is 12.6. The van der Waals surface area contributed by atoms with Crippen molar-refractivity contribution in [2.24, 2.45) is 0 Å². The molecule has 7 nitrogen and oxygen atoms in total. The molecule has 0 fully saturated rings. The van der Waals surface area contributed by atoms with Gasteiger partial charge in [0.2, 0.25) is 5.91 Å². The van der Waals surface area contributed by atoms with Crippen LogP contribution >= 0.6 is 0 Å². The Morgan fingerprint density at radius 2 is 1.63 bits per heavy atom. The van der Waals surface area contributed by atoms with Crippen LogP contribution in [0.3, 0.4) is 0 Å². The maximum absolute atomic E-state index is 13.2. The molecular weight excluding hydrogens is 476 g/mol. The lowest BCUT2D eigenvalue weighted by atomic mass is 9.87. The summed E-state index contributed by atoms with van der Waals surface area (Å²) < 4.78 is 2.15. The molecule has 0 aliphatic rings. The number of amides is 1. The van der Waals surface area contributed by atoms with Crippen molar-refractivity contribution in [1.82, 2.24) is 14.9 Å². The van der Waals surface area contributed by atoms with Gasteiger partial charge in [-0.1, -0.05) is 72.8 Å². The number of nitrogens with zero attached hydrogens (tertiary/aromatic N) is 3. The van der Waals surface area contributed by atoms with Crippen molar-refractivity contribution in [1.29, 1.82) is 0 Å². The summed E-state index contributed by atoms with van der Waals surface area (Å²) >= 11 is 0. The molecule has 38 heavy (non-hydrogen) atoms. The topological polar surface area (TPSA) is 90.1 Å². The number of nitro groups is 1. The average Bonchev–Trinajstić information content (AvgIpc) is 3.31. The Kier molecular flexibility index (Phi) is 7.54. The SMILES string of the molecule is O=C(C[C@H](c1ccccc1[N+](=O)[O-])c1cn(Cc2ccccc2)c2ccccc12)NCCc1ccccn1. The molecule has 0 saturated heterocycles. The van der Waals surface area contributed by atoms with Crippen molar-refractivity contribution in [2.45, 2.75) is 25.3 Å². The Morgan fingerprint density at radius 1 is 0.895 bits per heavy atom. The second-order valence-electron chi connectivity index (χ2n) is 9.21. The van der Waals surface area contributed by atoms with E-state index in [1.807, 2.05) is 66.9 Å². The molecule has 0 aliphatic carbocycles. The zero-order valence-corrected chi connectivity index (χ0v) is 20.9. The van der Waals surface area contributed by atoms with Gasteiger partial charge in [-0.2, -0.15) is 0 Å². The van der Waals surface area contributed by atoms with Crippen molar-refractivity contribution in [2.75, 3.05) is 6.54 Å². The Morgan fingerprint density at radius 3 is 2.42 bits per heavy atom. The molecule has 0 unspecified atom stereocenters. The fraction of sp³-hybridized carbons (Fsp3) is 0.161. The fourth-order valence-corrected chi connectivity index (χ4v) is 4.93. The van der Waals surface area contributed by atoms with Crippen LogP contribution < -0.4 is 5.32 Å². The first-order valence-corrected chi connectivity index (χ1v) is 12.6. The van der Waals surface area contributed by atoms with Crippen LogP contribution in [0.4, 0.5) is 5.69 Å². The molecule has 3 aromatic carbocycles. The molecule has 190 valence electrons. The quantitative estimate of drug-likeness (QED) is 0.190. The molecule has 5 aromatic rings. The maximum atomic E-state index is 13.2. The molecular formula is C31H28N4O3. The number of pyridine rings is 1. The number of para-hydroxylation sites is 2. The third kappa shape index (κ3) is 5.62. The number of benzene rings is 3. The average molecular weight is 505 g/mol. The van der Waals surface area contributed by atoms with E-state index < -0.39 is 5.92 Å². The molecule has 1 atom stereocenters. The normalized spacial score (nSPS) is 11.8. The Balaban J connectivity index is 1.50. The fourth-order valence-electron chi connectivity index (χ4n) is 4.93. The molecule has 1 amide bonds.